The third-order valence-electron chi connectivity index (χ3n) is 6.27. The van der Waals surface area contributed by atoms with Gasteiger partial charge in [0.2, 0.25) is 5.91 Å². The molecule has 0 aliphatic heterocycles. The quantitative estimate of drug-likeness (QED) is 0.388. The fraction of sp³-hybridized carbons (Fsp3) is 0.440. The van der Waals surface area contributed by atoms with Gasteiger partial charge in [0.05, 0.1) is 5.39 Å². The monoisotopic (exact) mass is 480 g/mol. The van der Waals surface area contributed by atoms with Crippen LogP contribution in [0.4, 0.5) is 5.82 Å². The number of benzene rings is 1. The Labute approximate surface area is 204 Å². The second-order valence-electron chi connectivity index (χ2n) is 8.97. The van der Waals surface area contributed by atoms with Crippen molar-refractivity contribution in [1.82, 2.24) is 19.4 Å². The van der Waals surface area contributed by atoms with E-state index in [1.54, 1.807) is 0 Å². The largest absolute Gasteiger partial charge is 0.368 e. The van der Waals surface area contributed by atoms with Gasteiger partial charge < -0.3 is 20.1 Å². The van der Waals surface area contributed by atoms with Gasteiger partial charge in [0, 0.05) is 26.7 Å². The Morgan fingerprint density at radius 3 is 2.44 bits per heavy atom. The normalized spacial score (nSPS) is 14.3. The van der Waals surface area contributed by atoms with E-state index in [4.69, 9.17) is 15.7 Å². The molecule has 0 unspecified atom stereocenters. The zero-order valence-electron chi connectivity index (χ0n) is 20.0. The van der Waals surface area contributed by atoms with Crippen molar-refractivity contribution in [2.75, 3.05) is 31.8 Å². The number of carbonyl (C=O) groups is 2. The summed E-state index contributed by atoms with van der Waals surface area (Å²) in [7, 11) is 3.89. The van der Waals surface area contributed by atoms with Gasteiger partial charge >= 0.3 is 0 Å². The molecule has 2 amide bonds. The van der Waals surface area contributed by atoms with E-state index in [1.807, 2.05) is 61.6 Å². The first kappa shape index (κ1) is 24.1. The lowest BCUT2D eigenvalue weighted by atomic mass is 9.95. The van der Waals surface area contributed by atoms with Crippen LogP contribution in [0.5, 0.6) is 0 Å². The maximum absolute atomic E-state index is 14.0. The topological polar surface area (TPSA) is 97.4 Å². The molecule has 180 valence electrons. The second-order valence-corrected chi connectivity index (χ2v) is 9.74. The molecular formula is C25H32N6O2S. The predicted octanol–water partition coefficient (Wildman–Crippen LogP) is 3.85. The molecule has 0 atom stereocenters. The summed E-state index contributed by atoms with van der Waals surface area (Å²) >= 11 is 1.49. The average Bonchev–Trinajstić information content (AvgIpc) is 3.22. The van der Waals surface area contributed by atoms with Gasteiger partial charge in [-0.25, -0.2) is 9.97 Å². The van der Waals surface area contributed by atoms with E-state index in [1.165, 1.54) is 23.1 Å². The molecule has 2 N–H and O–H groups in total. The lowest BCUT2D eigenvalue weighted by molar-refractivity contribution is -0.118. The van der Waals surface area contributed by atoms with E-state index >= 15 is 0 Å². The molecule has 1 aliphatic rings. The Kier molecular flexibility index (Phi) is 7.41. The standard InChI is InChI=1S/C25H32N6O2S/c1-29(2)22-19-14-20(24(33)30(16-21(26)32)15-17-10-6-4-7-11-17)31(18-12-8-5-9-13-18)23(19)28-25(27-22)34-3/h4,6-7,10-11,14,18H,5,8-9,12-13,15-16H2,1-3H3,(H2,26,32). The molecule has 3 aromatic rings. The van der Waals surface area contributed by atoms with Gasteiger partial charge in [-0.3, -0.25) is 9.59 Å². The third kappa shape index (κ3) is 5.04. The molecule has 0 spiro atoms. The Hall–Kier alpha value is -3.07. The Morgan fingerprint density at radius 2 is 1.82 bits per heavy atom. The van der Waals surface area contributed by atoms with Crippen LogP contribution in [0.3, 0.4) is 0 Å². The molecule has 0 bridgehead atoms. The molecule has 1 aromatic carbocycles. The van der Waals surface area contributed by atoms with Crippen LogP contribution >= 0.6 is 11.8 Å². The van der Waals surface area contributed by atoms with Crippen LogP contribution in [-0.2, 0) is 11.3 Å². The van der Waals surface area contributed by atoms with Crippen molar-refractivity contribution in [3.63, 3.8) is 0 Å². The lowest BCUT2D eigenvalue weighted by Gasteiger charge is -2.28. The van der Waals surface area contributed by atoms with Crippen LogP contribution in [0.15, 0.2) is 41.6 Å². The molecule has 2 heterocycles. The first-order valence-electron chi connectivity index (χ1n) is 11.6. The minimum atomic E-state index is -0.539. The highest BCUT2D eigenvalue weighted by Gasteiger charge is 2.29. The molecule has 0 radical (unpaired) electrons. The maximum atomic E-state index is 14.0. The van der Waals surface area contributed by atoms with Gasteiger partial charge in [-0.1, -0.05) is 61.4 Å². The Bertz CT molecular complexity index is 1170. The lowest BCUT2D eigenvalue weighted by Crippen LogP contribution is -2.39. The van der Waals surface area contributed by atoms with Crippen molar-refractivity contribution in [1.29, 1.82) is 0 Å². The number of nitrogens with two attached hydrogens (primary N) is 1. The van der Waals surface area contributed by atoms with Gasteiger partial charge in [-0.2, -0.15) is 0 Å². The van der Waals surface area contributed by atoms with Gasteiger partial charge in [0.1, 0.15) is 23.7 Å². The third-order valence-corrected chi connectivity index (χ3v) is 6.82. The number of carbonyl (C=O) groups excluding carboxylic acids is 2. The molecule has 34 heavy (non-hydrogen) atoms. The molecule has 0 saturated heterocycles. The van der Waals surface area contributed by atoms with Crippen LogP contribution < -0.4 is 10.6 Å². The first-order chi connectivity index (χ1) is 16.4. The number of amides is 2. The highest BCUT2D eigenvalue weighted by Crippen LogP contribution is 2.36. The van der Waals surface area contributed by atoms with Crippen LogP contribution in [0.2, 0.25) is 0 Å². The summed E-state index contributed by atoms with van der Waals surface area (Å²) in [5.41, 5.74) is 7.80. The van der Waals surface area contributed by atoms with E-state index in [0.717, 1.165) is 48.1 Å². The molecule has 4 rings (SSSR count). The zero-order valence-corrected chi connectivity index (χ0v) is 20.8. The number of fused-ring (bicyclic) bond motifs is 1. The minimum absolute atomic E-state index is 0.151. The summed E-state index contributed by atoms with van der Waals surface area (Å²) in [6.07, 6.45) is 7.38. The van der Waals surface area contributed by atoms with Gasteiger partial charge in [0.25, 0.3) is 5.91 Å². The number of nitrogens with zero attached hydrogens (tertiary/aromatic N) is 5. The SMILES string of the molecule is CSc1nc(N(C)C)c2cc(C(=O)N(CC(N)=O)Cc3ccccc3)n(C3CCCCC3)c2n1. The Morgan fingerprint density at radius 1 is 1.12 bits per heavy atom. The molecule has 8 nitrogen and oxygen atoms in total. The van der Waals surface area contributed by atoms with Crippen LogP contribution in [0.25, 0.3) is 11.0 Å². The van der Waals surface area contributed by atoms with Crippen molar-refractivity contribution in [2.45, 2.75) is 49.8 Å². The van der Waals surface area contributed by atoms with E-state index < -0.39 is 5.91 Å². The number of anilines is 1. The number of thioether (sulfide) groups is 1. The molecule has 1 aliphatic carbocycles. The summed E-state index contributed by atoms with van der Waals surface area (Å²) in [5, 5.41) is 1.51. The number of aromatic nitrogens is 3. The van der Waals surface area contributed by atoms with Crippen molar-refractivity contribution < 1.29 is 9.59 Å². The summed E-state index contributed by atoms with van der Waals surface area (Å²) in [6, 6.07) is 11.7. The highest BCUT2D eigenvalue weighted by molar-refractivity contribution is 7.98. The van der Waals surface area contributed by atoms with E-state index in [0.29, 0.717) is 17.4 Å². The maximum Gasteiger partial charge on any atom is 0.271 e. The summed E-state index contributed by atoms with van der Waals surface area (Å²) in [5.74, 6) is 0.0205. The Balaban J connectivity index is 1.87. The van der Waals surface area contributed by atoms with Crippen LogP contribution in [0, 0.1) is 0 Å². The van der Waals surface area contributed by atoms with Crippen LogP contribution in [-0.4, -0.2) is 58.1 Å². The fourth-order valence-corrected chi connectivity index (χ4v) is 5.07. The minimum Gasteiger partial charge on any atom is -0.368 e. The van der Waals surface area contributed by atoms with E-state index in [2.05, 4.69) is 4.57 Å². The van der Waals surface area contributed by atoms with Crippen molar-refractivity contribution in [3.8, 4) is 0 Å². The molecule has 2 aromatic heterocycles. The van der Waals surface area contributed by atoms with Crippen molar-refractivity contribution in [2.24, 2.45) is 5.73 Å². The molecule has 1 saturated carbocycles. The van der Waals surface area contributed by atoms with Gasteiger partial charge in [-0.05, 0) is 30.7 Å². The predicted molar refractivity (Wildman–Crippen MR) is 136 cm³/mol. The number of hydrogen-bond acceptors (Lipinski definition) is 6. The average molecular weight is 481 g/mol. The van der Waals surface area contributed by atoms with E-state index in [9.17, 15) is 9.59 Å². The number of rotatable bonds is 8. The highest BCUT2D eigenvalue weighted by atomic mass is 32.2. The first-order valence-corrected chi connectivity index (χ1v) is 12.9. The zero-order chi connectivity index (χ0) is 24.2. The van der Waals surface area contributed by atoms with Gasteiger partial charge in [0.15, 0.2) is 5.16 Å². The van der Waals surface area contributed by atoms with Crippen molar-refractivity contribution in [3.05, 3.63) is 47.7 Å². The summed E-state index contributed by atoms with van der Waals surface area (Å²) in [6.45, 7) is 0.152. The fourth-order valence-electron chi connectivity index (χ4n) is 4.72. The molecule has 9 heteroatoms. The van der Waals surface area contributed by atoms with Gasteiger partial charge in [-0.15, -0.1) is 0 Å². The second kappa shape index (κ2) is 10.5. The smallest absolute Gasteiger partial charge is 0.271 e. The van der Waals surface area contributed by atoms with E-state index in [-0.39, 0.29) is 18.5 Å². The number of primary amides is 1. The van der Waals surface area contributed by atoms with Crippen LogP contribution in [0.1, 0.15) is 54.2 Å². The summed E-state index contributed by atoms with van der Waals surface area (Å²) in [4.78, 5) is 38.9. The summed E-state index contributed by atoms with van der Waals surface area (Å²) < 4.78 is 2.10. The van der Waals surface area contributed by atoms with Crippen molar-refractivity contribution >= 4 is 40.4 Å². The number of hydrogen-bond donors (Lipinski definition) is 1. The molecule has 1 fully saturated rings. The molecular weight excluding hydrogens is 448 g/mol.